The van der Waals surface area contributed by atoms with Crippen molar-refractivity contribution in [1.29, 1.82) is 0 Å². The van der Waals surface area contributed by atoms with Gasteiger partial charge in [-0.15, -0.1) is 0 Å². The third-order valence-corrected chi connectivity index (χ3v) is 7.94. The number of pyridine rings is 1. The molecule has 7 nitrogen and oxygen atoms in total. The summed E-state index contributed by atoms with van der Waals surface area (Å²) < 4.78 is 72.4. The predicted octanol–water partition coefficient (Wildman–Crippen LogP) is 6.77. The molecule has 5 aromatic rings. The molecule has 0 aliphatic carbocycles. The maximum Gasteiger partial charge on any atom is 0.416 e. The van der Waals surface area contributed by atoms with Gasteiger partial charge in [0.1, 0.15) is 11.5 Å². The van der Waals surface area contributed by atoms with Gasteiger partial charge < -0.3 is 9.84 Å². The third-order valence-electron chi connectivity index (χ3n) is 6.25. The number of hydrogen-bond acceptors (Lipinski definition) is 5. The van der Waals surface area contributed by atoms with E-state index in [9.17, 15) is 31.5 Å². The largest absolute Gasteiger partial charge is 0.481 e. The molecule has 11 heteroatoms. The van der Waals surface area contributed by atoms with Gasteiger partial charge in [-0.3, -0.25) is 9.78 Å². The SMILES string of the molecule is O=C(O)CCc1cn(S(=O)(=O)c2ccc(Oc3ccc(C(F)(F)F)cc3)cc2)c2ccc(-c3cccnc3)cc12. The molecule has 0 spiro atoms. The Kier molecular flexibility index (Phi) is 7.07. The van der Waals surface area contributed by atoms with Gasteiger partial charge in [-0.25, -0.2) is 12.4 Å². The molecule has 0 amide bonds. The Morgan fingerprint density at radius 3 is 2.20 bits per heavy atom. The van der Waals surface area contributed by atoms with Gasteiger partial charge in [0.15, 0.2) is 0 Å². The summed E-state index contributed by atoms with van der Waals surface area (Å²) in [7, 11) is -4.10. The van der Waals surface area contributed by atoms with E-state index in [0.29, 0.717) is 16.5 Å². The second-order valence-corrected chi connectivity index (χ2v) is 10.7. The van der Waals surface area contributed by atoms with Crippen LogP contribution in [-0.4, -0.2) is 28.5 Å². The van der Waals surface area contributed by atoms with Crippen molar-refractivity contribution in [3.63, 3.8) is 0 Å². The van der Waals surface area contributed by atoms with E-state index in [1.165, 1.54) is 42.6 Å². The standard InChI is InChI=1S/C29H21F3N2O5S/c30-29(31,32)22-5-7-23(8-6-22)39-24-9-11-25(12-10-24)40(37,38)34-18-21(4-14-28(35)36)26-16-19(3-13-27(26)34)20-2-1-15-33-17-20/h1-3,5-13,15-18H,4,14H2,(H,35,36). The van der Waals surface area contributed by atoms with Crippen LogP contribution in [0.25, 0.3) is 22.0 Å². The van der Waals surface area contributed by atoms with Gasteiger partial charge in [-0.2, -0.15) is 13.2 Å². The third kappa shape index (κ3) is 5.55. The molecule has 2 aromatic heterocycles. The van der Waals surface area contributed by atoms with Gasteiger partial charge in [0, 0.05) is 36.0 Å². The van der Waals surface area contributed by atoms with Crippen molar-refractivity contribution in [3.8, 4) is 22.6 Å². The zero-order chi connectivity index (χ0) is 28.5. The molecule has 0 fully saturated rings. The van der Waals surface area contributed by atoms with E-state index in [1.807, 2.05) is 12.1 Å². The van der Waals surface area contributed by atoms with Crippen LogP contribution in [0, 0.1) is 0 Å². The van der Waals surface area contributed by atoms with Gasteiger partial charge in [-0.05, 0) is 84.3 Å². The fraction of sp³-hybridized carbons (Fsp3) is 0.103. The zero-order valence-electron chi connectivity index (χ0n) is 20.7. The molecule has 1 N–H and O–H groups in total. The quantitative estimate of drug-likeness (QED) is 0.223. The lowest BCUT2D eigenvalue weighted by Gasteiger charge is -2.11. The lowest BCUT2D eigenvalue weighted by molar-refractivity contribution is -0.138. The van der Waals surface area contributed by atoms with Gasteiger partial charge in [0.2, 0.25) is 0 Å². The van der Waals surface area contributed by atoms with Crippen LogP contribution in [0.4, 0.5) is 13.2 Å². The molecule has 0 aliphatic heterocycles. The number of fused-ring (bicyclic) bond motifs is 1. The number of alkyl halides is 3. The Bertz CT molecular complexity index is 1780. The molecular weight excluding hydrogens is 545 g/mol. The number of rotatable bonds is 8. The summed E-state index contributed by atoms with van der Waals surface area (Å²) in [5.41, 5.74) is 1.77. The van der Waals surface area contributed by atoms with Crippen molar-refractivity contribution < 1.29 is 36.2 Å². The van der Waals surface area contributed by atoms with Crippen LogP contribution < -0.4 is 4.74 Å². The van der Waals surface area contributed by atoms with Crippen molar-refractivity contribution in [2.75, 3.05) is 0 Å². The number of nitrogens with zero attached hydrogens (tertiary/aromatic N) is 2. The first kappa shape index (κ1) is 26.9. The number of hydrogen-bond donors (Lipinski definition) is 1. The second-order valence-electron chi connectivity index (χ2n) is 8.92. The number of ether oxygens (including phenoxy) is 1. The van der Waals surface area contributed by atoms with Crippen molar-refractivity contribution in [2.45, 2.75) is 23.9 Å². The van der Waals surface area contributed by atoms with E-state index >= 15 is 0 Å². The van der Waals surface area contributed by atoms with E-state index in [4.69, 9.17) is 4.74 Å². The lowest BCUT2D eigenvalue weighted by atomic mass is 10.0. The summed E-state index contributed by atoms with van der Waals surface area (Å²) in [6, 6.07) is 18.5. The van der Waals surface area contributed by atoms with Crippen molar-refractivity contribution in [2.24, 2.45) is 0 Å². The maximum atomic E-state index is 13.6. The topological polar surface area (TPSA) is 98.5 Å². The fourth-order valence-corrected chi connectivity index (χ4v) is 5.65. The van der Waals surface area contributed by atoms with Gasteiger partial charge >= 0.3 is 12.1 Å². The Morgan fingerprint density at radius 2 is 1.60 bits per heavy atom. The first-order valence-electron chi connectivity index (χ1n) is 12.0. The summed E-state index contributed by atoms with van der Waals surface area (Å²) in [4.78, 5) is 15.3. The van der Waals surface area contributed by atoms with Crippen LogP contribution in [0.3, 0.4) is 0 Å². The molecule has 0 radical (unpaired) electrons. The maximum absolute atomic E-state index is 13.6. The van der Waals surface area contributed by atoms with E-state index < -0.39 is 27.7 Å². The minimum atomic E-state index is -4.47. The molecule has 0 bridgehead atoms. The van der Waals surface area contributed by atoms with E-state index in [0.717, 1.165) is 27.2 Å². The predicted molar refractivity (Wildman–Crippen MR) is 142 cm³/mol. The number of aliphatic carboxylic acids is 1. The molecule has 3 aromatic carbocycles. The Morgan fingerprint density at radius 1 is 0.925 bits per heavy atom. The molecule has 0 unspecified atom stereocenters. The monoisotopic (exact) mass is 566 g/mol. The minimum Gasteiger partial charge on any atom is -0.481 e. The number of carbonyl (C=O) groups is 1. The van der Waals surface area contributed by atoms with Crippen LogP contribution in [0.1, 0.15) is 17.5 Å². The molecule has 5 rings (SSSR count). The van der Waals surface area contributed by atoms with Crippen molar-refractivity contribution >= 4 is 26.9 Å². The number of aryl methyl sites for hydroxylation is 1. The molecule has 204 valence electrons. The first-order chi connectivity index (χ1) is 19.0. The second kappa shape index (κ2) is 10.5. The summed E-state index contributed by atoms with van der Waals surface area (Å²) in [5.74, 6) is -0.609. The summed E-state index contributed by atoms with van der Waals surface area (Å²) in [6.45, 7) is 0. The van der Waals surface area contributed by atoms with Gasteiger partial charge in [-0.1, -0.05) is 12.1 Å². The number of benzene rings is 3. The highest BCUT2D eigenvalue weighted by Gasteiger charge is 2.30. The van der Waals surface area contributed by atoms with Crippen LogP contribution in [0.2, 0.25) is 0 Å². The van der Waals surface area contributed by atoms with E-state index in [2.05, 4.69) is 4.98 Å². The van der Waals surface area contributed by atoms with Crippen LogP contribution in [0.5, 0.6) is 11.5 Å². The average Bonchev–Trinajstić information content (AvgIpc) is 3.31. The molecule has 2 heterocycles. The van der Waals surface area contributed by atoms with Crippen LogP contribution >= 0.6 is 0 Å². The normalized spacial score (nSPS) is 12.0. The average molecular weight is 567 g/mol. The first-order valence-corrected chi connectivity index (χ1v) is 13.4. The minimum absolute atomic E-state index is 0.0507. The van der Waals surface area contributed by atoms with E-state index in [1.54, 1.807) is 30.6 Å². The number of carboxylic acid groups (broad SMARTS) is 1. The Hall–Kier alpha value is -4.64. The molecule has 0 saturated heterocycles. The smallest absolute Gasteiger partial charge is 0.416 e. The highest BCUT2D eigenvalue weighted by Crippen LogP contribution is 2.33. The summed E-state index contributed by atoms with van der Waals surface area (Å²) >= 11 is 0. The number of halogens is 3. The van der Waals surface area contributed by atoms with Crippen LogP contribution in [-0.2, 0) is 27.4 Å². The highest BCUT2D eigenvalue weighted by molar-refractivity contribution is 7.90. The van der Waals surface area contributed by atoms with Crippen LogP contribution in [0.15, 0.2) is 102 Å². The fourth-order valence-electron chi connectivity index (χ4n) is 4.26. The highest BCUT2D eigenvalue weighted by atomic mass is 32.2. The number of aromatic nitrogens is 2. The molecule has 0 atom stereocenters. The van der Waals surface area contributed by atoms with Crippen molar-refractivity contribution in [3.05, 3.63) is 109 Å². The lowest BCUT2D eigenvalue weighted by Crippen LogP contribution is -2.11. The molecular formula is C29H21F3N2O5S. The number of carboxylic acids is 1. The summed E-state index contributed by atoms with van der Waals surface area (Å²) in [6.07, 6.45) is 0.244. The molecule has 0 aliphatic rings. The zero-order valence-corrected chi connectivity index (χ0v) is 21.5. The Labute approximate surface area is 227 Å². The van der Waals surface area contributed by atoms with E-state index in [-0.39, 0.29) is 29.2 Å². The molecule has 40 heavy (non-hydrogen) atoms. The van der Waals surface area contributed by atoms with Gasteiger partial charge in [0.05, 0.1) is 16.0 Å². The molecule has 0 saturated carbocycles. The van der Waals surface area contributed by atoms with Gasteiger partial charge in [0.25, 0.3) is 10.0 Å². The Balaban J connectivity index is 1.47. The van der Waals surface area contributed by atoms with Crippen molar-refractivity contribution in [1.82, 2.24) is 8.96 Å². The summed E-state index contributed by atoms with van der Waals surface area (Å²) in [5, 5.41) is 9.81.